The third-order valence-corrected chi connectivity index (χ3v) is 6.08. The number of thioether (sulfide) groups is 1. The number of rotatable bonds is 5. The number of benzene rings is 1. The number of carbonyl (C=O) groups excluding carboxylic acids is 1. The van der Waals surface area contributed by atoms with Gasteiger partial charge in [-0.1, -0.05) is 37.7 Å². The van der Waals surface area contributed by atoms with Gasteiger partial charge in [0, 0.05) is 19.1 Å². The van der Waals surface area contributed by atoms with E-state index in [4.69, 9.17) is 4.98 Å². The second-order valence-electron chi connectivity index (χ2n) is 7.22. The van der Waals surface area contributed by atoms with Crippen LogP contribution >= 0.6 is 11.8 Å². The summed E-state index contributed by atoms with van der Waals surface area (Å²) < 4.78 is 1.75. The van der Waals surface area contributed by atoms with Crippen molar-refractivity contribution in [1.82, 2.24) is 14.5 Å². The van der Waals surface area contributed by atoms with Gasteiger partial charge in [0.25, 0.3) is 5.56 Å². The van der Waals surface area contributed by atoms with E-state index in [1.807, 2.05) is 36.1 Å². The van der Waals surface area contributed by atoms with Crippen LogP contribution in [0, 0.1) is 5.92 Å². The maximum Gasteiger partial charge on any atom is 0.262 e. The van der Waals surface area contributed by atoms with Crippen molar-refractivity contribution in [3.8, 4) is 0 Å². The molecule has 0 N–H and O–H groups in total. The molecule has 1 amide bonds. The molecule has 0 unspecified atom stereocenters. The van der Waals surface area contributed by atoms with Gasteiger partial charge in [-0.3, -0.25) is 14.2 Å². The fourth-order valence-corrected chi connectivity index (χ4v) is 4.43. The van der Waals surface area contributed by atoms with Crippen LogP contribution < -0.4 is 5.56 Å². The van der Waals surface area contributed by atoms with Crippen molar-refractivity contribution in [2.75, 3.05) is 18.8 Å². The summed E-state index contributed by atoms with van der Waals surface area (Å²) in [5, 5.41) is 1.27. The zero-order valence-electron chi connectivity index (χ0n) is 15.8. The van der Waals surface area contributed by atoms with E-state index >= 15 is 0 Å². The molecule has 0 saturated carbocycles. The van der Waals surface area contributed by atoms with Crippen LogP contribution in [0.3, 0.4) is 0 Å². The molecule has 3 rings (SSSR count). The first kappa shape index (κ1) is 19.0. The average Bonchev–Trinajstić information content (AvgIpc) is 2.65. The number of fused-ring (bicyclic) bond motifs is 1. The van der Waals surface area contributed by atoms with Crippen LogP contribution in [-0.2, 0) is 4.79 Å². The van der Waals surface area contributed by atoms with Gasteiger partial charge in [0.05, 0.1) is 16.7 Å². The van der Waals surface area contributed by atoms with Gasteiger partial charge in [0.1, 0.15) is 0 Å². The Balaban J connectivity index is 1.86. The molecule has 0 radical (unpaired) electrons. The van der Waals surface area contributed by atoms with Gasteiger partial charge in [-0.05, 0) is 44.2 Å². The van der Waals surface area contributed by atoms with E-state index in [1.54, 1.807) is 4.57 Å². The normalized spacial score (nSPS) is 18.9. The summed E-state index contributed by atoms with van der Waals surface area (Å²) >= 11 is 1.38. The first-order valence-corrected chi connectivity index (χ1v) is 10.4. The molecular weight excluding hydrogens is 346 g/mol. The van der Waals surface area contributed by atoms with Crippen LogP contribution in [0.2, 0.25) is 0 Å². The van der Waals surface area contributed by atoms with Crippen molar-refractivity contribution in [3.05, 3.63) is 34.6 Å². The number of likely N-dealkylation sites (tertiary alicyclic amines) is 1. The Morgan fingerprint density at radius 3 is 2.88 bits per heavy atom. The molecule has 1 aliphatic rings. The van der Waals surface area contributed by atoms with Crippen molar-refractivity contribution in [1.29, 1.82) is 0 Å². The molecule has 0 spiro atoms. The Labute approximate surface area is 158 Å². The van der Waals surface area contributed by atoms with Crippen molar-refractivity contribution < 1.29 is 4.79 Å². The molecule has 1 fully saturated rings. The van der Waals surface area contributed by atoms with Gasteiger partial charge in [-0.2, -0.15) is 0 Å². The maximum atomic E-state index is 13.0. The predicted octanol–water partition coefficient (Wildman–Crippen LogP) is 3.72. The maximum absolute atomic E-state index is 13.0. The van der Waals surface area contributed by atoms with Crippen LogP contribution in [0.5, 0.6) is 0 Å². The first-order chi connectivity index (χ1) is 12.5. The highest BCUT2D eigenvalue weighted by Crippen LogP contribution is 2.23. The van der Waals surface area contributed by atoms with Crippen LogP contribution in [-0.4, -0.2) is 39.2 Å². The Morgan fingerprint density at radius 1 is 1.38 bits per heavy atom. The molecule has 1 aromatic carbocycles. The summed E-state index contributed by atoms with van der Waals surface area (Å²) in [6, 6.07) is 7.47. The van der Waals surface area contributed by atoms with Crippen molar-refractivity contribution in [2.45, 2.75) is 51.2 Å². The molecule has 2 atom stereocenters. The zero-order valence-corrected chi connectivity index (χ0v) is 16.6. The van der Waals surface area contributed by atoms with Gasteiger partial charge in [-0.25, -0.2) is 4.98 Å². The molecule has 1 aliphatic heterocycles. The van der Waals surface area contributed by atoms with E-state index in [1.165, 1.54) is 18.2 Å². The summed E-state index contributed by atoms with van der Waals surface area (Å²) in [6.45, 7) is 7.95. The van der Waals surface area contributed by atoms with Crippen molar-refractivity contribution in [2.24, 2.45) is 5.92 Å². The molecule has 2 heterocycles. The van der Waals surface area contributed by atoms with E-state index in [-0.39, 0.29) is 17.5 Å². The molecule has 26 heavy (non-hydrogen) atoms. The second-order valence-corrected chi connectivity index (χ2v) is 8.16. The van der Waals surface area contributed by atoms with Crippen LogP contribution in [0.15, 0.2) is 34.2 Å². The number of carbonyl (C=O) groups is 1. The Kier molecular flexibility index (Phi) is 6.01. The quantitative estimate of drug-likeness (QED) is 0.592. The second kappa shape index (κ2) is 8.25. The van der Waals surface area contributed by atoms with E-state index in [9.17, 15) is 9.59 Å². The van der Waals surface area contributed by atoms with E-state index < -0.39 is 0 Å². The Hall–Kier alpha value is -1.82. The Morgan fingerprint density at radius 2 is 2.15 bits per heavy atom. The number of hydrogen-bond donors (Lipinski definition) is 0. The molecule has 140 valence electrons. The van der Waals surface area contributed by atoms with Gasteiger partial charge in [0.15, 0.2) is 5.16 Å². The van der Waals surface area contributed by atoms with E-state index in [0.717, 1.165) is 25.9 Å². The number of nitrogens with zero attached hydrogens (tertiary/aromatic N) is 3. The molecule has 5 nitrogen and oxygen atoms in total. The standard InChI is InChI=1S/C20H27N3O2S/c1-4-15(3)23-19(25)16-9-5-6-10-17(16)21-20(23)26-13-18(24)22-11-7-8-14(2)12-22/h5-6,9-10,14-15H,4,7-8,11-13H2,1-3H3/t14-,15-/m1/s1. The summed E-state index contributed by atoms with van der Waals surface area (Å²) in [5.41, 5.74) is 0.671. The number of piperidine rings is 1. The summed E-state index contributed by atoms with van der Waals surface area (Å²) in [4.78, 5) is 32.2. The molecular formula is C20H27N3O2S. The minimum atomic E-state index is -0.0218. The summed E-state index contributed by atoms with van der Waals surface area (Å²) in [5.74, 6) is 1.03. The highest BCUT2D eigenvalue weighted by molar-refractivity contribution is 7.99. The molecule has 1 aromatic heterocycles. The van der Waals surface area contributed by atoms with Crippen LogP contribution in [0.4, 0.5) is 0 Å². The van der Waals surface area contributed by atoms with Gasteiger partial charge < -0.3 is 4.90 Å². The lowest BCUT2D eigenvalue weighted by Gasteiger charge is -2.31. The van der Waals surface area contributed by atoms with Crippen LogP contribution in [0.25, 0.3) is 10.9 Å². The summed E-state index contributed by atoms with van der Waals surface area (Å²) in [6.07, 6.45) is 3.10. The van der Waals surface area contributed by atoms with E-state index in [2.05, 4.69) is 13.8 Å². The molecule has 0 bridgehead atoms. The molecule has 6 heteroatoms. The predicted molar refractivity (Wildman–Crippen MR) is 107 cm³/mol. The third kappa shape index (κ3) is 3.95. The van der Waals surface area contributed by atoms with Gasteiger partial charge >= 0.3 is 0 Å². The lowest BCUT2D eigenvalue weighted by molar-refractivity contribution is -0.130. The minimum Gasteiger partial charge on any atom is -0.342 e. The smallest absolute Gasteiger partial charge is 0.262 e. The number of aromatic nitrogens is 2. The minimum absolute atomic E-state index is 0.0218. The third-order valence-electron chi connectivity index (χ3n) is 5.14. The Bertz CT molecular complexity index is 849. The number of amides is 1. The zero-order chi connectivity index (χ0) is 18.7. The highest BCUT2D eigenvalue weighted by atomic mass is 32.2. The van der Waals surface area contributed by atoms with Gasteiger partial charge in [0.2, 0.25) is 5.91 Å². The molecule has 2 aromatic rings. The number of para-hydroxylation sites is 1. The fourth-order valence-electron chi connectivity index (χ4n) is 3.43. The lowest BCUT2D eigenvalue weighted by atomic mass is 10.0. The number of hydrogen-bond acceptors (Lipinski definition) is 4. The monoisotopic (exact) mass is 373 g/mol. The molecule has 1 saturated heterocycles. The molecule has 0 aliphatic carbocycles. The van der Waals surface area contributed by atoms with E-state index in [0.29, 0.717) is 27.7 Å². The van der Waals surface area contributed by atoms with Crippen LogP contribution in [0.1, 0.15) is 46.1 Å². The van der Waals surface area contributed by atoms with Gasteiger partial charge in [-0.15, -0.1) is 0 Å². The van der Waals surface area contributed by atoms with Crippen molar-refractivity contribution >= 4 is 28.6 Å². The lowest BCUT2D eigenvalue weighted by Crippen LogP contribution is -2.40. The fraction of sp³-hybridized carbons (Fsp3) is 0.550. The average molecular weight is 374 g/mol. The topological polar surface area (TPSA) is 55.2 Å². The highest BCUT2D eigenvalue weighted by Gasteiger charge is 2.22. The summed E-state index contributed by atoms with van der Waals surface area (Å²) in [7, 11) is 0. The SMILES string of the molecule is CC[C@@H](C)n1c(SCC(=O)N2CCC[C@@H](C)C2)nc2ccccc2c1=O. The first-order valence-electron chi connectivity index (χ1n) is 9.43. The van der Waals surface area contributed by atoms with Crippen molar-refractivity contribution in [3.63, 3.8) is 0 Å². The largest absolute Gasteiger partial charge is 0.342 e.